The van der Waals surface area contributed by atoms with Crippen molar-refractivity contribution < 1.29 is 33.3 Å². The number of fused-ring (bicyclic) bond motifs is 2. The SMILES string of the molecule is CCO[C@H]1C(=O)N2C(C(=O)O)=C(COc3ccc4ccc(=O)oc4c3)C(Cc3ccccc3OC)S[C@H]12. The molecule has 0 bridgehead atoms. The minimum absolute atomic E-state index is 0.0766. The molecule has 1 N–H and O–H groups in total. The largest absolute Gasteiger partial charge is 0.496 e. The zero-order valence-corrected chi connectivity index (χ0v) is 21.0. The molecule has 1 saturated heterocycles. The van der Waals surface area contributed by atoms with Gasteiger partial charge in [-0.1, -0.05) is 18.2 Å². The van der Waals surface area contributed by atoms with Crippen LogP contribution in [0.25, 0.3) is 11.0 Å². The second kappa shape index (κ2) is 10.3. The summed E-state index contributed by atoms with van der Waals surface area (Å²) in [5, 5.41) is 10.2. The Morgan fingerprint density at radius 2 is 1.92 bits per heavy atom. The Labute approximate surface area is 216 Å². The molecule has 3 aromatic rings. The molecule has 1 unspecified atom stereocenters. The summed E-state index contributed by atoms with van der Waals surface area (Å²) in [6.07, 6.45) is -0.232. The van der Waals surface area contributed by atoms with Gasteiger partial charge in [-0.3, -0.25) is 9.69 Å². The van der Waals surface area contributed by atoms with Gasteiger partial charge in [0.2, 0.25) is 0 Å². The van der Waals surface area contributed by atoms with Gasteiger partial charge in [0.05, 0.1) is 7.11 Å². The molecule has 0 spiro atoms. The van der Waals surface area contributed by atoms with E-state index < -0.39 is 23.1 Å². The fraction of sp³-hybridized carbons (Fsp3) is 0.296. The van der Waals surface area contributed by atoms with E-state index in [1.54, 1.807) is 38.3 Å². The van der Waals surface area contributed by atoms with Crippen LogP contribution in [-0.4, -0.2) is 58.9 Å². The highest BCUT2D eigenvalue weighted by Crippen LogP contribution is 2.47. The standard InChI is InChI=1S/C27H25NO8S/c1-3-34-24-25(30)28-23(27(31)32)18(14-35-17-10-8-15-9-11-22(29)36-20(15)13-17)21(37-26(24)28)12-16-6-4-5-7-19(16)33-2/h4-11,13,21,24,26H,3,12,14H2,1-2H3,(H,31,32)/t21?,24-,26+/m0/s1. The summed E-state index contributed by atoms with van der Waals surface area (Å²) in [5.41, 5.74) is 1.17. The van der Waals surface area contributed by atoms with E-state index in [4.69, 9.17) is 18.6 Å². The Morgan fingerprint density at radius 3 is 2.68 bits per heavy atom. The lowest BCUT2D eigenvalue weighted by Crippen LogP contribution is -2.66. The van der Waals surface area contributed by atoms with Crippen molar-refractivity contribution >= 4 is 34.6 Å². The van der Waals surface area contributed by atoms with Crippen LogP contribution in [0, 0.1) is 0 Å². The van der Waals surface area contributed by atoms with Crippen molar-refractivity contribution in [1.82, 2.24) is 4.90 Å². The first-order valence-electron chi connectivity index (χ1n) is 11.8. The number of methoxy groups -OCH3 is 1. The van der Waals surface area contributed by atoms with Crippen LogP contribution in [0.2, 0.25) is 0 Å². The average Bonchev–Trinajstić information content (AvgIpc) is 2.90. The van der Waals surface area contributed by atoms with Gasteiger partial charge < -0.3 is 23.7 Å². The molecule has 9 nitrogen and oxygen atoms in total. The number of hydrogen-bond acceptors (Lipinski definition) is 8. The number of aliphatic carboxylic acids is 1. The van der Waals surface area contributed by atoms with E-state index >= 15 is 0 Å². The number of carbonyl (C=O) groups is 2. The summed E-state index contributed by atoms with van der Waals surface area (Å²) in [5.74, 6) is -0.484. The summed E-state index contributed by atoms with van der Waals surface area (Å²) < 4.78 is 22.4. The molecular weight excluding hydrogens is 498 g/mol. The van der Waals surface area contributed by atoms with Gasteiger partial charge in [-0.25, -0.2) is 9.59 Å². The van der Waals surface area contributed by atoms with Crippen LogP contribution in [0.3, 0.4) is 0 Å². The van der Waals surface area contributed by atoms with Crippen molar-refractivity contribution in [2.24, 2.45) is 0 Å². The molecule has 2 aliphatic rings. The maximum absolute atomic E-state index is 12.9. The highest BCUT2D eigenvalue weighted by atomic mass is 32.2. The van der Waals surface area contributed by atoms with Crippen molar-refractivity contribution in [2.75, 3.05) is 20.3 Å². The predicted octanol–water partition coefficient (Wildman–Crippen LogP) is 3.45. The molecule has 5 rings (SSSR count). The molecule has 10 heteroatoms. The van der Waals surface area contributed by atoms with Crippen LogP contribution < -0.4 is 15.1 Å². The lowest BCUT2D eigenvalue weighted by Gasteiger charge is -2.51. The highest BCUT2D eigenvalue weighted by Gasteiger charge is 2.56. The number of β-lactam (4-membered cyclic amide) rings is 1. The summed E-state index contributed by atoms with van der Waals surface area (Å²) >= 11 is 1.48. The number of rotatable bonds is 9. The monoisotopic (exact) mass is 523 g/mol. The Bertz CT molecular complexity index is 1450. The number of benzene rings is 2. The van der Waals surface area contributed by atoms with Gasteiger partial charge in [-0.05, 0) is 43.2 Å². The van der Waals surface area contributed by atoms with Crippen LogP contribution in [0.15, 0.2) is 75.1 Å². The Balaban J connectivity index is 1.51. The maximum Gasteiger partial charge on any atom is 0.352 e. The van der Waals surface area contributed by atoms with Crippen molar-refractivity contribution in [1.29, 1.82) is 0 Å². The van der Waals surface area contributed by atoms with Gasteiger partial charge in [-0.2, -0.15) is 0 Å². The van der Waals surface area contributed by atoms with Crippen molar-refractivity contribution in [3.63, 3.8) is 0 Å². The first-order valence-corrected chi connectivity index (χ1v) is 12.7. The molecule has 0 radical (unpaired) electrons. The average molecular weight is 524 g/mol. The second-order valence-electron chi connectivity index (χ2n) is 8.54. The van der Waals surface area contributed by atoms with Gasteiger partial charge in [0.1, 0.15) is 34.8 Å². The van der Waals surface area contributed by atoms with Gasteiger partial charge in [0, 0.05) is 34.9 Å². The zero-order chi connectivity index (χ0) is 26.1. The third-order valence-corrected chi connectivity index (χ3v) is 7.88. The molecule has 1 fully saturated rings. The van der Waals surface area contributed by atoms with Gasteiger partial charge in [0.25, 0.3) is 5.91 Å². The summed E-state index contributed by atoms with van der Waals surface area (Å²) in [7, 11) is 1.59. The molecule has 3 heterocycles. The number of carboxylic acids is 1. The molecule has 37 heavy (non-hydrogen) atoms. The molecule has 192 valence electrons. The summed E-state index contributed by atoms with van der Waals surface area (Å²) in [6.45, 7) is 2.07. The normalized spacial score (nSPS) is 21.0. The molecular formula is C27H25NO8S. The number of hydrogen-bond donors (Lipinski definition) is 1. The summed E-state index contributed by atoms with van der Waals surface area (Å²) in [6, 6.07) is 15.6. The van der Waals surface area contributed by atoms with E-state index in [9.17, 15) is 19.5 Å². The molecule has 1 aromatic heterocycles. The van der Waals surface area contributed by atoms with Gasteiger partial charge in [-0.15, -0.1) is 11.8 Å². The minimum Gasteiger partial charge on any atom is -0.496 e. The molecule has 0 aliphatic carbocycles. The van der Waals surface area contributed by atoms with Crippen molar-refractivity contribution in [3.8, 4) is 11.5 Å². The minimum atomic E-state index is -1.21. The lowest BCUT2D eigenvalue weighted by molar-refractivity contribution is -0.164. The number of nitrogens with zero attached hydrogens (tertiary/aromatic N) is 1. The first kappa shape index (κ1) is 24.9. The van der Waals surface area contributed by atoms with E-state index in [-0.39, 0.29) is 23.5 Å². The molecule has 3 atom stereocenters. The summed E-state index contributed by atoms with van der Waals surface area (Å²) in [4.78, 5) is 38.2. The van der Waals surface area contributed by atoms with E-state index in [0.717, 1.165) is 10.9 Å². The Morgan fingerprint density at radius 1 is 1.14 bits per heavy atom. The number of carbonyl (C=O) groups excluding carboxylic acids is 1. The number of thioether (sulfide) groups is 1. The van der Waals surface area contributed by atoms with Crippen molar-refractivity contribution in [3.05, 3.63) is 81.9 Å². The fourth-order valence-corrected chi connectivity index (χ4v) is 6.26. The third-order valence-electron chi connectivity index (χ3n) is 6.37. The zero-order valence-electron chi connectivity index (χ0n) is 20.2. The molecule has 2 aromatic carbocycles. The topological polar surface area (TPSA) is 116 Å². The molecule has 1 amide bonds. The number of ether oxygens (including phenoxy) is 3. The third kappa shape index (κ3) is 4.70. The van der Waals surface area contributed by atoms with E-state index in [1.165, 1.54) is 22.7 Å². The van der Waals surface area contributed by atoms with Crippen LogP contribution >= 0.6 is 11.8 Å². The van der Waals surface area contributed by atoms with Gasteiger partial charge >= 0.3 is 11.6 Å². The Hall–Kier alpha value is -3.76. The highest BCUT2D eigenvalue weighted by molar-refractivity contribution is 8.00. The lowest BCUT2D eigenvalue weighted by atomic mass is 9.98. The van der Waals surface area contributed by atoms with E-state index in [2.05, 4.69) is 0 Å². The van der Waals surface area contributed by atoms with Crippen LogP contribution in [0.4, 0.5) is 0 Å². The van der Waals surface area contributed by atoms with Crippen LogP contribution in [0.1, 0.15) is 12.5 Å². The van der Waals surface area contributed by atoms with Crippen molar-refractivity contribution in [2.45, 2.75) is 30.1 Å². The number of carboxylic acid groups (broad SMARTS) is 1. The van der Waals surface area contributed by atoms with Crippen LogP contribution in [0.5, 0.6) is 11.5 Å². The Kier molecular flexibility index (Phi) is 6.94. The maximum atomic E-state index is 12.9. The van der Waals surface area contributed by atoms with Gasteiger partial charge in [0.15, 0.2) is 6.10 Å². The number of amides is 1. The molecule has 0 saturated carbocycles. The van der Waals surface area contributed by atoms with E-state index in [1.807, 2.05) is 24.3 Å². The quantitative estimate of drug-likeness (QED) is 0.333. The van der Waals surface area contributed by atoms with Crippen LogP contribution in [-0.2, 0) is 20.7 Å². The second-order valence-corrected chi connectivity index (χ2v) is 9.86. The predicted molar refractivity (Wildman–Crippen MR) is 137 cm³/mol. The smallest absolute Gasteiger partial charge is 0.352 e. The van der Waals surface area contributed by atoms with E-state index in [0.29, 0.717) is 35.7 Å². The number of para-hydroxylation sites is 1. The first-order chi connectivity index (χ1) is 17.9. The fourth-order valence-electron chi connectivity index (χ4n) is 4.63. The molecule has 2 aliphatic heterocycles.